The lowest BCUT2D eigenvalue weighted by molar-refractivity contribution is 0.00578. The monoisotopic (exact) mass is 378 g/mol. The molecule has 3 heterocycles. The van der Waals surface area contributed by atoms with E-state index in [4.69, 9.17) is 14.0 Å². The van der Waals surface area contributed by atoms with Crippen molar-refractivity contribution in [2.45, 2.75) is 38.9 Å². The zero-order valence-electron chi connectivity index (χ0n) is 16.7. The van der Waals surface area contributed by atoms with Gasteiger partial charge in [-0.3, -0.25) is 4.79 Å². The van der Waals surface area contributed by atoms with E-state index in [0.29, 0.717) is 17.1 Å². The number of aldehydes is 1. The summed E-state index contributed by atoms with van der Waals surface area (Å²) in [6.45, 7) is 8.18. The molecule has 0 N–H and O–H groups in total. The summed E-state index contributed by atoms with van der Waals surface area (Å²) in [6.07, 6.45) is 4.20. The molecule has 1 aliphatic rings. The quantitative estimate of drug-likeness (QED) is 0.516. The Balaban J connectivity index is 1.79. The van der Waals surface area contributed by atoms with Crippen molar-refractivity contribution in [2.24, 2.45) is 0 Å². The second-order valence-corrected chi connectivity index (χ2v) is 7.96. The Morgan fingerprint density at radius 1 is 1.14 bits per heavy atom. The van der Waals surface area contributed by atoms with Crippen LogP contribution in [0.3, 0.4) is 0 Å². The van der Waals surface area contributed by atoms with E-state index in [1.54, 1.807) is 6.07 Å². The van der Waals surface area contributed by atoms with Gasteiger partial charge < -0.3 is 18.6 Å². The highest BCUT2D eigenvalue weighted by Gasteiger charge is 2.52. The van der Waals surface area contributed by atoms with E-state index in [0.717, 1.165) is 22.7 Å². The Bertz CT molecular complexity index is 1040. The van der Waals surface area contributed by atoms with Gasteiger partial charge in [0.2, 0.25) is 0 Å². The van der Waals surface area contributed by atoms with E-state index in [2.05, 4.69) is 4.98 Å². The number of pyridine rings is 1. The summed E-state index contributed by atoms with van der Waals surface area (Å²) < 4.78 is 19.7. The van der Waals surface area contributed by atoms with Crippen molar-refractivity contribution in [3.05, 3.63) is 48.3 Å². The minimum Gasteiger partial charge on any atom is -0.496 e. The highest BCUT2D eigenvalue weighted by atomic mass is 16.7. The second-order valence-electron chi connectivity index (χ2n) is 7.96. The van der Waals surface area contributed by atoms with Gasteiger partial charge in [0.15, 0.2) is 6.29 Å². The van der Waals surface area contributed by atoms with Gasteiger partial charge in [0.1, 0.15) is 11.6 Å². The lowest BCUT2D eigenvalue weighted by Gasteiger charge is -2.32. The van der Waals surface area contributed by atoms with Crippen LogP contribution in [-0.2, 0) is 9.31 Å². The molecule has 144 valence electrons. The summed E-state index contributed by atoms with van der Waals surface area (Å²) >= 11 is 0. The molecule has 0 amide bonds. The third-order valence-electron chi connectivity index (χ3n) is 5.75. The first-order valence-corrected chi connectivity index (χ1v) is 9.22. The zero-order chi connectivity index (χ0) is 20.1. The molecule has 0 aliphatic carbocycles. The summed E-state index contributed by atoms with van der Waals surface area (Å²) in [6, 6.07) is 9.81. The summed E-state index contributed by atoms with van der Waals surface area (Å²) in [5.74, 6) is 1.16. The maximum Gasteiger partial charge on any atom is 0.495 e. The number of methoxy groups -OCH3 is 1. The van der Waals surface area contributed by atoms with Crippen molar-refractivity contribution in [1.82, 2.24) is 9.55 Å². The van der Waals surface area contributed by atoms with Gasteiger partial charge in [-0.25, -0.2) is 4.98 Å². The maximum atomic E-state index is 11.1. The van der Waals surface area contributed by atoms with Gasteiger partial charge in [-0.15, -0.1) is 0 Å². The normalized spacial score (nSPS) is 17.8. The van der Waals surface area contributed by atoms with Crippen LogP contribution in [0.1, 0.15) is 38.1 Å². The highest BCUT2D eigenvalue weighted by Crippen LogP contribution is 2.37. The van der Waals surface area contributed by atoms with Crippen LogP contribution in [-0.4, -0.2) is 41.3 Å². The molecule has 1 aliphatic heterocycles. The van der Waals surface area contributed by atoms with Crippen LogP contribution < -0.4 is 10.2 Å². The fraction of sp³-hybridized carbons (Fsp3) is 0.333. The molecule has 6 nitrogen and oxygen atoms in total. The highest BCUT2D eigenvalue weighted by molar-refractivity contribution is 6.65. The van der Waals surface area contributed by atoms with Crippen molar-refractivity contribution in [3.8, 4) is 11.6 Å². The molecule has 1 fully saturated rings. The molecular formula is C21H23BN2O4. The summed E-state index contributed by atoms with van der Waals surface area (Å²) in [5, 5.41) is 1.03. The van der Waals surface area contributed by atoms with E-state index in [1.165, 1.54) is 13.3 Å². The van der Waals surface area contributed by atoms with Crippen LogP contribution in [0.5, 0.6) is 5.75 Å². The molecule has 2 aromatic heterocycles. The number of fused-ring (bicyclic) bond motifs is 1. The van der Waals surface area contributed by atoms with Crippen LogP contribution in [0.25, 0.3) is 16.7 Å². The molecule has 0 bridgehead atoms. The van der Waals surface area contributed by atoms with Crippen molar-refractivity contribution >= 4 is 29.8 Å². The van der Waals surface area contributed by atoms with Crippen LogP contribution in [0.2, 0.25) is 0 Å². The van der Waals surface area contributed by atoms with Crippen LogP contribution >= 0.6 is 0 Å². The van der Waals surface area contributed by atoms with Gasteiger partial charge >= 0.3 is 7.12 Å². The standard InChI is InChI=1S/C21H23BN2O4/c1-20(2)21(3,4)28-22(27-20)16-7-6-8-17-15(16)9-10-24(17)19-11-18(26-5)14(13-25)12-23-19/h6-13H,1-5H3. The molecule has 0 unspecified atom stereocenters. The van der Waals surface area contributed by atoms with E-state index < -0.39 is 18.3 Å². The minimum atomic E-state index is -0.440. The lowest BCUT2D eigenvalue weighted by Crippen LogP contribution is -2.41. The van der Waals surface area contributed by atoms with Gasteiger partial charge in [-0.2, -0.15) is 0 Å². The Kier molecular flexibility index (Phi) is 4.32. The lowest BCUT2D eigenvalue weighted by atomic mass is 9.77. The van der Waals surface area contributed by atoms with Gasteiger partial charge in [-0.1, -0.05) is 12.1 Å². The zero-order valence-corrected chi connectivity index (χ0v) is 16.7. The van der Waals surface area contributed by atoms with E-state index in [-0.39, 0.29) is 0 Å². The first-order valence-electron chi connectivity index (χ1n) is 9.22. The predicted molar refractivity (Wildman–Crippen MR) is 109 cm³/mol. The number of carbonyl (C=O) groups is 1. The summed E-state index contributed by atoms with van der Waals surface area (Å²) in [5.41, 5.74) is 1.57. The van der Waals surface area contributed by atoms with Gasteiger partial charge in [0.25, 0.3) is 0 Å². The first-order chi connectivity index (χ1) is 13.3. The third-order valence-corrected chi connectivity index (χ3v) is 5.75. The van der Waals surface area contributed by atoms with Crippen molar-refractivity contribution < 1.29 is 18.8 Å². The fourth-order valence-electron chi connectivity index (χ4n) is 3.40. The molecule has 0 radical (unpaired) electrons. The molecule has 1 saturated heterocycles. The van der Waals surface area contributed by atoms with Gasteiger partial charge in [0, 0.05) is 18.5 Å². The number of aromatic nitrogens is 2. The molecule has 4 rings (SSSR count). The van der Waals surface area contributed by atoms with Crippen LogP contribution in [0.15, 0.2) is 42.7 Å². The van der Waals surface area contributed by atoms with E-state index in [1.807, 2.05) is 62.7 Å². The van der Waals surface area contributed by atoms with Crippen LogP contribution in [0.4, 0.5) is 0 Å². The topological polar surface area (TPSA) is 62.6 Å². The van der Waals surface area contributed by atoms with E-state index >= 15 is 0 Å². The number of nitrogens with zero attached hydrogens (tertiary/aromatic N) is 2. The summed E-state index contributed by atoms with van der Waals surface area (Å²) in [7, 11) is 1.10. The smallest absolute Gasteiger partial charge is 0.495 e. The Hall–Kier alpha value is -2.64. The number of hydrogen-bond donors (Lipinski definition) is 0. The number of carbonyl (C=O) groups excluding carboxylic acids is 1. The Morgan fingerprint density at radius 3 is 2.50 bits per heavy atom. The minimum absolute atomic E-state index is 0.401. The average Bonchev–Trinajstić information content (AvgIpc) is 3.19. The SMILES string of the molecule is COc1cc(-n2ccc3c(B4OC(C)(C)C(C)(C)O4)cccc32)ncc1C=O. The van der Waals surface area contributed by atoms with Crippen LogP contribution in [0, 0.1) is 0 Å². The number of rotatable bonds is 4. The molecule has 0 saturated carbocycles. The predicted octanol–water partition coefficient (Wildman–Crippen LogP) is 3.15. The molecule has 3 aromatic rings. The average molecular weight is 378 g/mol. The molecule has 1 aromatic carbocycles. The number of hydrogen-bond acceptors (Lipinski definition) is 5. The maximum absolute atomic E-state index is 11.1. The Morgan fingerprint density at radius 2 is 1.86 bits per heavy atom. The second kappa shape index (κ2) is 6.46. The third kappa shape index (κ3) is 2.82. The van der Waals surface area contributed by atoms with E-state index in [9.17, 15) is 4.79 Å². The van der Waals surface area contributed by atoms with Gasteiger partial charge in [-0.05, 0) is 50.7 Å². The van der Waals surface area contributed by atoms with Crippen molar-refractivity contribution in [1.29, 1.82) is 0 Å². The van der Waals surface area contributed by atoms with Crippen molar-refractivity contribution in [2.75, 3.05) is 7.11 Å². The molecule has 0 spiro atoms. The largest absolute Gasteiger partial charge is 0.496 e. The van der Waals surface area contributed by atoms with Crippen molar-refractivity contribution in [3.63, 3.8) is 0 Å². The molecule has 28 heavy (non-hydrogen) atoms. The molecule has 7 heteroatoms. The number of benzene rings is 1. The molecular weight excluding hydrogens is 355 g/mol. The molecule has 0 atom stereocenters. The summed E-state index contributed by atoms with van der Waals surface area (Å²) in [4.78, 5) is 15.6. The number of ether oxygens (including phenoxy) is 1. The fourth-order valence-corrected chi connectivity index (χ4v) is 3.40. The Labute approximate surface area is 164 Å². The first kappa shape index (κ1) is 18.7. The van der Waals surface area contributed by atoms with Gasteiger partial charge in [0.05, 0.1) is 29.4 Å².